The van der Waals surface area contributed by atoms with Crippen LogP contribution in [0.4, 0.5) is 10.5 Å². The van der Waals surface area contributed by atoms with Gasteiger partial charge in [0, 0.05) is 12.2 Å². The van der Waals surface area contributed by atoms with E-state index in [0.29, 0.717) is 24.2 Å². The molecule has 120 valence electrons. The second kappa shape index (κ2) is 6.36. The van der Waals surface area contributed by atoms with Gasteiger partial charge in [0.1, 0.15) is 5.60 Å². The van der Waals surface area contributed by atoms with Crippen molar-refractivity contribution < 1.29 is 19.1 Å². The van der Waals surface area contributed by atoms with Gasteiger partial charge in [-0.15, -0.1) is 0 Å². The van der Waals surface area contributed by atoms with Crippen molar-refractivity contribution in [1.82, 2.24) is 5.32 Å². The van der Waals surface area contributed by atoms with Crippen molar-refractivity contribution in [2.24, 2.45) is 0 Å². The van der Waals surface area contributed by atoms with Gasteiger partial charge in [-0.1, -0.05) is 0 Å². The second-order valence-corrected chi connectivity index (χ2v) is 6.16. The molecule has 1 aliphatic rings. The fourth-order valence-corrected chi connectivity index (χ4v) is 2.44. The van der Waals surface area contributed by atoms with E-state index in [4.69, 9.17) is 9.47 Å². The van der Waals surface area contributed by atoms with Crippen LogP contribution in [-0.4, -0.2) is 31.3 Å². The average molecular weight is 306 g/mol. The van der Waals surface area contributed by atoms with Gasteiger partial charge in [-0.05, 0) is 57.0 Å². The van der Waals surface area contributed by atoms with Crippen molar-refractivity contribution in [2.45, 2.75) is 39.3 Å². The van der Waals surface area contributed by atoms with E-state index >= 15 is 0 Å². The Morgan fingerprint density at radius 1 is 1.23 bits per heavy atom. The maximum Gasteiger partial charge on any atom is 0.412 e. The number of nitrogens with one attached hydrogen (secondary N) is 2. The highest BCUT2D eigenvalue weighted by Crippen LogP contribution is 2.27. The Hall–Kier alpha value is -2.08. The molecule has 0 saturated heterocycles. The first-order valence-electron chi connectivity index (χ1n) is 7.25. The standard InChI is InChI=1S/C16H22N2O4/c1-16(2,3)22-15(20)18-13-6-5-11(14(19)21-4)10-7-8-17-9-12(10)13/h5-6,17H,7-9H2,1-4H3,(H,18,20). The van der Waals surface area contributed by atoms with Gasteiger partial charge in [0.05, 0.1) is 12.7 Å². The second-order valence-electron chi connectivity index (χ2n) is 6.16. The number of ether oxygens (including phenoxy) is 2. The van der Waals surface area contributed by atoms with Crippen LogP contribution in [0.3, 0.4) is 0 Å². The lowest BCUT2D eigenvalue weighted by atomic mass is 9.94. The van der Waals surface area contributed by atoms with E-state index in [2.05, 4.69) is 10.6 Å². The quantitative estimate of drug-likeness (QED) is 0.821. The van der Waals surface area contributed by atoms with E-state index in [9.17, 15) is 9.59 Å². The van der Waals surface area contributed by atoms with Crippen LogP contribution in [0.2, 0.25) is 0 Å². The number of fused-ring (bicyclic) bond motifs is 1. The summed E-state index contributed by atoms with van der Waals surface area (Å²) in [5.74, 6) is -0.359. The molecular formula is C16H22N2O4. The van der Waals surface area contributed by atoms with Crippen LogP contribution in [0.5, 0.6) is 0 Å². The number of rotatable bonds is 2. The molecule has 0 saturated carbocycles. The van der Waals surface area contributed by atoms with Crippen LogP contribution >= 0.6 is 0 Å². The molecule has 2 rings (SSSR count). The van der Waals surface area contributed by atoms with Crippen molar-refractivity contribution >= 4 is 17.7 Å². The third-order valence-corrected chi connectivity index (χ3v) is 3.33. The zero-order valence-electron chi connectivity index (χ0n) is 13.4. The van der Waals surface area contributed by atoms with E-state index < -0.39 is 11.7 Å². The summed E-state index contributed by atoms with van der Waals surface area (Å²) in [4.78, 5) is 23.8. The van der Waals surface area contributed by atoms with Crippen molar-refractivity contribution in [1.29, 1.82) is 0 Å². The van der Waals surface area contributed by atoms with Crippen LogP contribution in [0.15, 0.2) is 12.1 Å². The molecule has 1 amide bonds. The van der Waals surface area contributed by atoms with Crippen molar-refractivity contribution in [3.8, 4) is 0 Å². The molecule has 0 aliphatic carbocycles. The molecule has 22 heavy (non-hydrogen) atoms. The normalized spacial score (nSPS) is 14.0. The summed E-state index contributed by atoms with van der Waals surface area (Å²) in [6.45, 7) is 6.80. The highest BCUT2D eigenvalue weighted by atomic mass is 16.6. The number of benzene rings is 1. The van der Waals surface area contributed by atoms with Gasteiger partial charge in [-0.3, -0.25) is 5.32 Å². The molecule has 1 aliphatic heterocycles. The smallest absolute Gasteiger partial charge is 0.412 e. The molecule has 1 aromatic rings. The van der Waals surface area contributed by atoms with Gasteiger partial charge in [-0.25, -0.2) is 9.59 Å². The Balaban J connectivity index is 2.30. The highest BCUT2D eigenvalue weighted by molar-refractivity contribution is 5.94. The number of amides is 1. The highest BCUT2D eigenvalue weighted by Gasteiger charge is 2.23. The zero-order chi connectivity index (χ0) is 16.3. The molecule has 6 nitrogen and oxygen atoms in total. The van der Waals surface area contributed by atoms with Gasteiger partial charge in [0.25, 0.3) is 0 Å². The molecule has 0 radical (unpaired) electrons. The Bertz CT molecular complexity index is 591. The summed E-state index contributed by atoms with van der Waals surface area (Å²) in [5, 5.41) is 6.00. The number of hydrogen-bond acceptors (Lipinski definition) is 5. The molecule has 1 aromatic carbocycles. The van der Waals surface area contributed by atoms with E-state index in [1.165, 1.54) is 7.11 Å². The molecule has 0 unspecified atom stereocenters. The molecule has 0 fully saturated rings. The molecule has 2 N–H and O–H groups in total. The Kier molecular flexibility index (Phi) is 4.71. The topological polar surface area (TPSA) is 76.7 Å². The Morgan fingerprint density at radius 2 is 1.95 bits per heavy atom. The number of anilines is 1. The van der Waals surface area contributed by atoms with Crippen molar-refractivity contribution in [2.75, 3.05) is 19.0 Å². The summed E-state index contributed by atoms with van der Waals surface area (Å²) in [5.41, 5.74) is 2.46. The first-order chi connectivity index (χ1) is 10.3. The molecule has 6 heteroatoms. The van der Waals surface area contributed by atoms with Crippen molar-refractivity contribution in [3.05, 3.63) is 28.8 Å². The number of carbonyl (C=O) groups excluding carboxylic acids is 2. The third-order valence-electron chi connectivity index (χ3n) is 3.33. The number of esters is 1. The monoisotopic (exact) mass is 306 g/mol. The molecule has 0 aromatic heterocycles. The van der Waals surface area contributed by atoms with E-state index in [1.807, 2.05) is 20.8 Å². The van der Waals surface area contributed by atoms with Crippen LogP contribution < -0.4 is 10.6 Å². The minimum Gasteiger partial charge on any atom is -0.465 e. The Labute approximate surface area is 130 Å². The first-order valence-corrected chi connectivity index (χ1v) is 7.25. The predicted molar refractivity (Wildman–Crippen MR) is 83.0 cm³/mol. The molecule has 1 heterocycles. The largest absolute Gasteiger partial charge is 0.465 e. The van der Waals surface area contributed by atoms with Crippen molar-refractivity contribution in [3.63, 3.8) is 0 Å². The summed E-state index contributed by atoms with van der Waals surface area (Å²) in [7, 11) is 1.36. The number of hydrogen-bond donors (Lipinski definition) is 2. The van der Waals surface area contributed by atoms with Crippen LogP contribution in [0, 0.1) is 0 Å². The average Bonchev–Trinajstić information content (AvgIpc) is 2.45. The van der Waals surface area contributed by atoms with Gasteiger partial charge >= 0.3 is 12.1 Å². The lowest BCUT2D eigenvalue weighted by molar-refractivity contribution is 0.0597. The van der Waals surface area contributed by atoms with E-state index in [1.54, 1.807) is 12.1 Å². The molecule has 0 spiro atoms. The van der Waals surface area contributed by atoms with Crippen LogP contribution in [-0.2, 0) is 22.4 Å². The maximum atomic E-state index is 11.9. The van der Waals surface area contributed by atoms with Gasteiger partial charge in [-0.2, -0.15) is 0 Å². The number of carbonyl (C=O) groups is 2. The zero-order valence-corrected chi connectivity index (χ0v) is 13.4. The fraction of sp³-hybridized carbons (Fsp3) is 0.500. The minimum absolute atomic E-state index is 0.359. The van der Waals surface area contributed by atoms with E-state index in [0.717, 1.165) is 17.7 Å². The van der Waals surface area contributed by atoms with Crippen LogP contribution in [0.25, 0.3) is 0 Å². The minimum atomic E-state index is -0.561. The van der Waals surface area contributed by atoms with Gasteiger partial charge < -0.3 is 14.8 Å². The summed E-state index contributed by atoms with van der Waals surface area (Å²) >= 11 is 0. The lowest BCUT2D eigenvalue weighted by Gasteiger charge is -2.24. The Morgan fingerprint density at radius 3 is 2.59 bits per heavy atom. The predicted octanol–water partition coefficient (Wildman–Crippen LogP) is 2.47. The van der Waals surface area contributed by atoms with Crippen LogP contribution in [0.1, 0.15) is 42.3 Å². The summed E-state index contributed by atoms with van der Waals surface area (Å²) < 4.78 is 10.1. The molecule has 0 atom stereocenters. The maximum absolute atomic E-state index is 11.9. The molecule has 0 bridgehead atoms. The summed E-state index contributed by atoms with van der Waals surface area (Å²) in [6, 6.07) is 3.39. The fourth-order valence-electron chi connectivity index (χ4n) is 2.44. The van der Waals surface area contributed by atoms with Gasteiger partial charge in [0.15, 0.2) is 0 Å². The lowest BCUT2D eigenvalue weighted by Crippen LogP contribution is -2.30. The number of methoxy groups -OCH3 is 1. The third kappa shape index (κ3) is 3.76. The van der Waals surface area contributed by atoms with E-state index in [-0.39, 0.29) is 5.97 Å². The molecular weight excluding hydrogens is 284 g/mol. The first kappa shape index (κ1) is 16.3. The van der Waals surface area contributed by atoms with Gasteiger partial charge in [0.2, 0.25) is 0 Å². The SMILES string of the molecule is COC(=O)c1ccc(NC(=O)OC(C)(C)C)c2c1CCNC2. The summed E-state index contributed by atoms with van der Waals surface area (Å²) in [6.07, 6.45) is 0.204.